The number of aromatic nitrogens is 1. The number of anilines is 2. The van der Waals surface area contributed by atoms with Crippen molar-refractivity contribution in [3.8, 4) is 0 Å². The summed E-state index contributed by atoms with van der Waals surface area (Å²) in [5.74, 6) is 0.237. The van der Waals surface area contributed by atoms with Gasteiger partial charge in [-0.25, -0.2) is 4.73 Å². The zero-order valence-electron chi connectivity index (χ0n) is 10.0. The van der Waals surface area contributed by atoms with Crippen LogP contribution in [-0.4, -0.2) is 12.6 Å². The van der Waals surface area contributed by atoms with E-state index in [2.05, 4.69) is 25.7 Å². The van der Waals surface area contributed by atoms with E-state index in [4.69, 9.17) is 5.73 Å². The van der Waals surface area contributed by atoms with Crippen LogP contribution >= 0.6 is 0 Å². The minimum absolute atomic E-state index is 0.00788. The summed E-state index contributed by atoms with van der Waals surface area (Å²) in [6.07, 6.45) is 0. The number of pyridine rings is 1. The molecule has 15 heavy (non-hydrogen) atoms. The van der Waals surface area contributed by atoms with Crippen LogP contribution < -0.4 is 15.4 Å². The van der Waals surface area contributed by atoms with Crippen LogP contribution in [0.1, 0.15) is 26.5 Å². The van der Waals surface area contributed by atoms with E-state index in [0.29, 0.717) is 5.69 Å². The maximum Gasteiger partial charge on any atom is 0.277 e. The zero-order chi connectivity index (χ0) is 11.8. The second-order valence-electron chi connectivity index (χ2n) is 4.80. The van der Waals surface area contributed by atoms with Gasteiger partial charge in [0.15, 0.2) is 0 Å². The summed E-state index contributed by atoms with van der Waals surface area (Å²) in [7, 11) is 1.99. The Labute approximate surface area is 90.9 Å². The lowest BCUT2D eigenvalue weighted by Crippen LogP contribution is -2.40. The van der Waals surface area contributed by atoms with Gasteiger partial charge in [0.2, 0.25) is 0 Å². The second-order valence-corrected chi connectivity index (χ2v) is 4.80. The van der Waals surface area contributed by atoms with Crippen LogP contribution in [0.2, 0.25) is 0 Å². The highest BCUT2D eigenvalue weighted by Crippen LogP contribution is 2.22. The van der Waals surface area contributed by atoms with E-state index >= 15 is 0 Å². The molecule has 0 radical (unpaired) electrons. The van der Waals surface area contributed by atoms with Gasteiger partial charge >= 0.3 is 0 Å². The fourth-order valence-electron chi connectivity index (χ4n) is 1.31. The van der Waals surface area contributed by atoms with Crippen molar-refractivity contribution in [1.82, 2.24) is 0 Å². The Morgan fingerprint density at radius 3 is 2.27 bits per heavy atom. The van der Waals surface area contributed by atoms with Crippen LogP contribution in [0, 0.1) is 12.1 Å². The van der Waals surface area contributed by atoms with Crippen molar-refractivity contribution in [1.29, 1.82) is 0 Å². The normalized spacial score (nSPS) is 11.5. The average Bonchev–Trinajstić information content (AvgIpc) is 2.10. The predicted octanol–water partition coefficient (Wildman–Crippen LogP) is 1.45. The van der Waals surface area contributed by atoms with Crippen LogP contribution in [0.15, 0.2) is 12.1 Å². The number of nitrogens with zero attached hydrogens (tertiary/aromatic N) is 2. The Kier molecular flexibility index (Phi) is 2.79. The van der Waals surface area contributed by atoms with E-state index < -0.39 is 0 Å². The monoisotopic (exact) mass is 209 g/mol. The van der Waals surface area contributed by atoms with Crippen molar-refractivity contribution >= 4 is 11.5 Å². The van der Waals surface area contributed by atoms with E-state index in [-0.39, 0.29) is 11.4 Å². The van der Waals surface area contributed by atoms with Gasteiger partial charge in [-0.3, -0.25) is 5.73 Å². The first-order valence-corrected chi connectivity index (χ1v) is 4.97. The number of aryl methyl sites for hydroxylation is 1. The Hall–Kier alpha value is -1.45. The smallest absolute Gasteiger partial charge is 0.277 e. The van der Waals surface area contributed by atoms with E-state index in [1.807, 2.05) is 13.1 Å². The molecule has 0 fully saturated rings. The third kappa shape index (κ3) is 2.32. The molecule has 4 heteroatoms. The topological polar surface area (TPSA) is 56.2 Å². The van der Waals surface area contributed by atoms with Gasteiger partial charge in [0, 0.05) is 24.3 Å². The molecule has 2 N–H and O–H groups in total. The molecule has 0 aliphatic heterocycles. The minimum Gasteiger partial charge on any atom is -0.710 e. The Morgan fingerprint density at radius 2 is 1.87 bits per heavy atom. The third-order valence-electron chi connectivity index (χ3n) is 2.60. The summed E-state index contributed by atoms with van der Waals surface area (Å²) in [6.45, 7) is 8.08. The van der Waals surface area contributed by atoms with E-state index in [0.717, 1.165) is 10.4 Å². The SMILES string of the molecule is Cc1cc(N(C)C(C)(C)C)cc(N)[n+]1[O-]. The number of nitrogen functional groups attached to an aromatic ring is 1. The molecule has 0 saturated heterocycles. The van der Waals surface area contributed by atoms with Gasteiger partial charge in [-0.05, 0) is 27.7 Å². The first-order valence-electron chi connectivity index (χ1n) is 4.97. The number of nitrogens with two attached hydrogens (primary N) is 1. The van der Waals surface area contributed by atoms with Crippen molar-refractivity contribution in [3.05, 3.63) is 23.0 Å². The molecule has 0 aliphatic carbocycles. The highest BCUT2D eigenvalue weighted by molar-refractivity contribution is 5.52. The van der Waals surface area contributed by atoms with Crippen LogP contribution in [0.5, 0.6) is 0 Å². The van der Waals surface area contributed by atoms with Gasteiger partial charge in [0.05, 0.1) is 6.07 Å². The largest absolute Gasteiger partial charge is 0.710 e. The van der Waals surface area contributed by atoms with Gasteiger partial charge in [0.1, 0.15) is 5.69 Å². The molecule has 0 spiro atoms. The van der Waals surface area contributed by atoms with Gasteiger partial charge in [-0.1, -0.05) is 0 Å². The molecular formula is C11H19N3O. The van der Waals surface area contributed by atoms with Crippen LogP contribution in [0.25, 0.3) is 0 Å². The summed E-state index contributed by atoms with van der Waals surface area (Å²) in [4.78, 5) is 2.09. The number of hydrogen-bond acceptors (Lipinski definition) is 3. The van der Waals surface area contributed by atoms with Gasteiger partial charge < -0.3 is 10.1 Å². The van der Waals surface area contributed by atoms with Crippen molar-refractivity contribution in [2.24, 2.45) is 0 Å². The number of rotatable bonds is 1. The quantitative estimate of drug-likeness (QED) is 0.562. The molecule has 0 amide bonds. The molecule has 0 saturated carbocycles. The summed E-state index contributed by atoms with van der Waals surface area (Å²) in [6, 6.07) is 3.54. The second kappa shape index (κ2) is 3.61. The third-order valence-corrected chi connectivity index (χ3v) is 2.60. The van der Waals surface area contributed by atoms with E-state index in [1.54, 1.807) is 13.0 Å². The average molecular weight is 209 g/mol. The van der Waals surface area contributed by atoms with Crippen molar-refractivity contribution in [2.75, 3.05) is 17.7 Å². The molecule has 1 rings (SSSR count). The molecule has 1 heterocycles. The van der Waals surface area contributed by atoms with Crippen LogP contribution in [-0.2, 0) is 0 Å². The van der Waals surface area contributed by atoms with Gasteiger partial charge in [0.25, 0.3) is 5.82 Å². The lowest BCUT2D eigenvalue weighted by molar-refractivity contribution is -0.596. The zero-order valence-corrected chi connectivity index (χ0v) is 10.0. The summed E-state index contributed by atoms with van der Waals surface area (Å²) in [5, 5.41) is 11.4. The molecule has 0 aromatic carbocycles. The van der Waals surface area contributed by atoms with E-state index in [1.165, 1.54) is 0 Å². The summed E-state index contributed by atoms with van der Waals surface area (Å²) in [5.41, 5.74) is 7.21. The molecule has 1 aromatic heterocycles. The van der Waals surface area contributed by atoms with Crippen molar-refractivity contribution in [2.45, 2.75) is 33.2 Å². The molecule has 4 nitrogen and oxygen atoms in total. The molecule has 0 bridgehead atoms. The lowest BCUT2D eigenvalue weighted by atomic mass is 10.1. The maximum atomic E-state index is 11.4. The Bertz CT molecular complexity index is 346. The molecule has 0 unspecified atom stereocenters. The summed E-state index contributed by atoms with van der Waals surface area (Å²) >= 11 is 0. The Balaban J connectivity index is 3.17. The fraction of sp³-hybridized carbons (Fsp3) is 0.545. The standard InChI is InChI=1S/C11H19N3O/c1-8-6-9(7-10(12)14(8)15)13(5)11(2,3)4/h6-7H,12H2,1-5H3. The highest BCUT2D eigenvalue weighted by atomic mass is 16.5. The maximum absolute atomic E-state index is 11.4. The first kappa shape index (κ1) is 11.6. The van der Waals surface area contributed by atoms with E-state index in [9.17, 15) is 5.21 Å². The molecule has 84 valence electrons. The minimum atomic E-state index is 0.00788. The first-order chi connectivity index (χ1) is 6.73. The molecule has 0 atom stereocenters. The van der Waals surface area contributed by atoms with Crippen molar-refractivity contribution in [3.63, 3.8) is 0 Å². The fourth-order valence-corrected chi connectivity index (χ4v) is 1.31. The Morgan fingerprint density at radius 1 is 1.33 bits per heavy atom. The van der Waals surface area contributed by atoms with Crippen LogP contribution in [0.4, 0.5) is 11.5 Å². The van der Waals surface area contributed by atoms with Gasteiger partial charge in [-0.2, -0.15) is 0 Å². The van der Waals surface area contributed by atoms with Crippen molar-refractivity contribution < 1.29 is 4.73 Å². The molecule has 0 aliphatic rings. The predicted molar refractivity (Wildman–Crippen MR) is 62.7 cm³/mol. The van der Waals surface area contributed by atoms with Gasteiger partial charge in [-0.15, -0.1) is 0 Å². The molecule has 1 aromatic rings. The summed E-state index contributed by atoms with van der Waals surface area (Å²) < 4.78 is 0.736. The lowest BCUT2D eigenvalue weighted by Gasteiger charge is -2.34. The van der Waals surface area contributed by atoms with Crippen LogP contribution in [0.3, 0.4) is 0 Å². The highest BCUT2D eigenvalue weighted by Gasteiger charge is 2.19. The number of hydrogen-bond donors (Lipinski definition) is 1. The molecular weight excluding hydrogens is 190 g/mol.